The molecule has 1 amide bonds. The van der Waals surface area contributed by atoms with Crippen molar-refractivity contribution >= 4 is 28.9 Å². The number of aryl methyl sites for hydroxylation is 1. The molecule has 0 radical (unpaired) electrons. The summed E-state index contributed by atoms with van der Waals surface area (Å²) in [5, 5.41) is 14.5. The Balaban J connectivity index is 1.93. The number of carboxylic acid groups (broad SMARTS) is 1. The van der Waals surface area contributed by atoms with Gasteiger partial charge in [-0.15, -0.1) is 11.3 Å². The molecule has 4 rings (SSSR count). The maximum absolute atomic E-state index is 12.3. The largest absolute Gasteiger partial charge is 0.495 e. The Morgan fingerprint density at radius 2 is 2.10 bits per heavy atom. The fourth-order valence-electron chi connectivity index (χ4n) is 3.50. The normalized spacial score (nSPS) is 12.4. The Bertz CT molecular complexity index is 1100. The van der Waals surface area contributed by atoms with E-state index in [1.807, 2.05) is 48.1 Å². The summed E-state index contributed by atoms with van der Waals surface area (Å²) in [5.41, 5.74) is 3.13. The average Bonchev–Trinajstić information content (AvgIpc) is 3.34. The lowest BCUT2D eigenvalue weighted by Crippen LogP contribution is -2.20. The van der Waals surface area contributed by atoms with Crippen molar-refractivity contribution in [1.82, 2.24) is 9.55 Å². The summed E-state index contributed by atoms with van der Waals surface area (Å²) in [7, 11) is 1.57. The lowest BCUT2D eigenvalue weighted by atomic mass is 9.99. The van der Waals surface area contributed by atoms with Crippen molar-refractivity contribution in [2.45, 2.75) is 26.7 Å². The number of nitrogens with zero attached hydrogens (tertiary/aromatic N) is 2. The Morgan fingerprint density at radius 3 is 2.72 bits per heavy atom. The van der Waals surface area contributed by atoms with Crippen LogP contribution in [0.4, 0.5) is 5.69 Å². The summed E-state index contributed by atoms with van der Waals surface area (Å²) < 4.78 is 7.40. The minimum Gasteiger partial charge on any atom is -0.495 e. The minimum atomic E-state index is -1.04. The van der Waals surface area contributed by atoms with Crippen LogP contribution in [0.15, 0.2) is 29.6 Å². The number of benzene rings is 1. The third-order valence-corrected chi connectivity index (χ3v) is 5.84. The highest BCUT2D eigenvalue weighted by atomic mass is 32.1. The van der Waals surface area contributed by atoms with Crippen LogP contribution in [0.2, 0.25) is 0 Å². The number of aromatic carboxylic acids is 1. The molecular formula is C21H21N3O4S. The van der Waals surface area contributed by atoms with Gasteiger partial charge in [-0.2, -0.15) is 0 Å². The molecule has 0 unspecified atom stereocenters. The number of nitrogens with one attached hydrogen (secondary N) is 1. The van der Waals surface area contributed by atoms with Crippen molar-refractivity contribution in [2.75, 3.05) is 12.4 Å². The number of carbonyl (C=O) groups is 2. The number of fused-ring (bicyclic) bond motifs is 3. The number of methoxy groups -OCH3 is 1. The van der Waals surface area contributed by atoms with Gasteiger partial charge in [-0.25, -0.2) is 9.78 Å². The van der Waals surface area contributed by atoms with Crippen LogP contribution in [0, 0.1) is 5.92 Å². The first-order chi connectivity index (χ1) is 13.9. The molecule has 1 aromatic carbocycles. The second-order valence-electron chi connectivity index (χ2n) is 7.17. The summed E-state index contributed by atoms with van der Waals surface area (Å²) in [4.78, 5) is 29.4. The zero-order valence-electron chi connectivity index (χ0n) is 16.4. The second kappa shape index (κ2) is 7.36. The van der Waals surface area contributed by atoms with Crippen molar-refractivity contribution in [3.8, 4) is 22.1 Å². The van der Waals surface area contributed by atoms with Crippen LogP contribution < -0.4 is 10.1 Å². The van der Waals surface area contributed by atoms with Crippen LogP contribution in [-0.4, -0.2) is 33.6 Å². The summed E-state index contributed by atoms with van der Waals surface area (Å²) >= 11 is 1.50. The number of hydrogen-bond acceptors (Lipinski definition) is 5. The van der Waals surface area contributed by atoms with E-state index < -0.39 is 5.97 Å². The Kier molecular flexibility index (Phi) is 4.87. The third kappa shape index (κ3) is 3.29. The number of anilines is 1. The van der Waals surface area contributed by atoms with E-state index in [4.69, 9.17) is 4.74 Å². The molecule has 0 spiro atoms. The first-order valence-electron chi connectivity index (χ1n) is 9.31. The lowest BCUT2D eigenvalue weighted by molar-refractivity contribution is -0.118. The van der Waals surface area contributed by atoms with Gasteiger partial charge in [0.05, 0.1) is 29.1 Å². The van der Waals surface area contributed by atoms with Crippen LogP contribution in [-0.2, 0) is 17.6 Å². The first kappa shape index (κ1) is 19.2. The molecule has 0 atom stereocenters. The number of imidazole rings is 1. The van der Waals surface area contributed by atoms with E-state index in [1.54, 1.807) is 7.11 Å². The van der Waals surface area contributed by atoms with Gasteiger partial charge in [0.15, 0.2) is 11.5 Å². The molecule has 0 aliphatic carbocycles. The number of carboxylic acids is 1. The van der Waals surface area contributed by atoms with E-state index >= 15 is 0 Å². The van der Waals surface area contributed by atoms with Crippen molar-refractivity contribution in [3.05, 3.63) is 46.6 Å². The third-order valence-electron chi connectivity index (χ3n) is 4.97. The Labute approximate surface area is 172 Å². The molecule has 1 aliphatic rings. The Hall–Kier alpha value is -3.13. The highest BCUT2D eigenvalue weighted by Gasteiger charge is 2.29. The van der Waals surface area contributed by atoms with Crippen molar-refractivity contribution in [2.24, 2.45) is 5.92 Å². The van der Waals surface area contributed by atoms with Gasteiger partial charge in [-0.1, -0.05) is 19.9 Å². The van der Waals surface area contributed by atoms with E-state index in [9.17, 15) is 14.7 Å². The number of ether oxygens (including phenoxy) is 1. The molecule has 7 nitrogen and oxygen atoms in total. The van der Waals surface area contributed by atoms with Crippen LogP contribution in [0.3, 0.4) is 0 Å². The zero-order chi connectivity index (χ0) is 20.7. The maximum atomic E-state index is 12.3. The van der Waals surface area contributed by atoms with E-state index in [0.717, 1.165) is 16.1 Å². The fraction of sp³-hybridized carbons (Fsp3) is 0.286. The Morgan fingerprint density at radius 1 is 1.31 bits per heavy atom. The van der Waals surface area contributed by atoms with Crippen LogP contribution >= 0.6 is 11.3 Å². The van der Waals surface area contributed by atoms with Gasteiger partial charge < -0.3 is 15.2 Å². The molecule has 2 N–H and O–H groups in total. The number of rotatable bonds is 5. The molecular weight excluding hydrogens is 390 g/mol. The van der Waals surface area contributed by atoms with Crippen LogP contribution in [0.5, 0.6) is 5.75 Å². The molecule has 29 heavy (non-hydrogen) atoms. The summed E-state index contributed by atoms with van der Waals surface area (Å²) in [6.45, 7) is 3.64. The summed E-state index contributed by atoms with van der Waals surface area (Å²) in [5.74, 6) is -0.159. The van der Waals surface area contributed by atoms with E-state index in [2.05, 4.69) is 10.3 Å². The molecule has 0 saturated heterocycles. The number of amides is 1. The smallest absolute Gasteiger partial charge is 0.356 e. The number of aromatic nitrogens is 2. The topological polar surface area (TPSA) is 93.5 Å². The van der Waals surface area contributed by atoms with Gasteiger partial charge in [0.1, 0.15) is 5.75 Å². The van der Waals surface area contributed by atoms with Gasteiger partial charge in [-0.05, 0) is 42.0 Å². The zero-order valence-corrected chi connectivity index (χ0v) is 17.2. The standard InChI is InChI=1S/C21H21N3O4S/c1-11(2)20(25)22-13-10-15-12(9-16(13)28-3)6-7-14-18(21(26)27)23-19(24(14)15)17-5-4-8-29-17/h4-5,8-11H,6-7H2,1-3H3,(H,22,25)(H,26,27). The molecule has 150 valence electrons. The lowest BCUT2D eigenvalue weighted by Gasteiger charge is -2.23. The maximum Gasteiger partial charge on any atom is 0.356 e. The first-order valence-corrected chi connectivity index (χ1v) is 10.2. The number of thiophene rings is 1. The number of hydrogen-bond donors (Lipinski definition) is 2. The van der Waals surface area contributed by atoms with E-state index in [-0.39, 0.29) is 17.5 Å². The van der Waals surface area contributed by atoms with Crippen molar-refractivity contribution < 1.29 is 19.4 Å². The molecule has 8 heteroatoms. The van der Waals surface area contributed by atoms with Crippen LogP contribution in [0.25, 0.3) is 16.4 Å². The molecule has 3 aromatic rings. The quantitative estimate of drug-likeness (QED) is 0.662. The van der Waals surface area contributed by atoms with Gasteiger partial charge in [-0.3, -0.25) is 9.36 Å². The predicted octanol–water partition coefficient (Wildman–Crippen LogP) is 4.00. The van der Waals surface area contributed by atoms with Gasteiger partial charge >= 0.3 is 5.97 Å². The highest BCUT2D eigenvalue weighted by Crippen LogP contribution is 2.39. The molecule has 1 aliphatic heterocycles. The monoisotopic (exact) mass is 411 g/mol. The molecule has 0 bridgehead atoms. The summed E-state index contributed by atoms with van der Waals surface area (Å²) in [6.07, 6.45) is 1.23. The SMILES string of the molecule is COc1cc2c(cc1NC(=O)C(C)C)-n1c(-c3cccs3)nc(C(=O)O)c1CC2. The molecule has 0 saturated carbocycles. The highest BCUT2D eigenvalue weighted by molar-refractivity contribution is 7.13. The number of carbonyl (C=O) groups excluding carboxylic acids is 1. The molecule has 2 aromatic heterocycles. The second-order valence-corrected chi connectivity index (χ2v) is 8.12. The molecule has 3 heterocycles. The van der Waals surface area contributed by atoms with Crippen LogP contribution in [0.1, 0.15) is 35.6 Å². The van der Waals surface area contributed by atoms with Crippen molar-refractivity contribution in [1.29, 1.82) is 0 Å². The van der Waals surface area contributed by atoms with Gasteiger partial charge in [0, 0.05) is 5.92 Å². The summed E-state index contributed by atoms with van der Waals surface area (Å²) in [6, 6.07) is 7.59. The minimum absolute atomic E-state index is 0.0719. The fourth-order valence-corrected chi connectivity index (χ4v) is 4.21. The van der Waals surface area contributed by atoms with E-state index in [1.165, 1.54) is 11.3 Å². The predicted molar refractivity (Wildman–Crippen MR) is 111 cm³/mol. The van der Waals surface area contributed by atoms with E-state index in [0.29, 0.717) is 35.8 Å². The van der Waals surface area contributed by atoms with Gasteiger partial charge in [0.25, 0.3) is 0 Å². The van der Waals surface area contributed by atoms with Crippen molar-refractivity contribution in [3.63, 3.8) is 0 Å². The average molecular weight is 411 g/mol. The molecule has 0 fully saturated rings. The van der Waals surface area contributed by atoms with Gasteiger partial charge in [0.2, 0.25) is 5.91 Å².